The molecule has 3 atom stereocenters. The molecule has 0 aliphatic rings. The first-order valence-corrected chi connectivity index (χ1v) is 5.29. The smallest absolute Gasteiger partial charge is 0.481 e. The fraction of sp³-hybridized carbons (Fsp3) is 0.727. The van der Waals surface area contributed by atoms with Crippen LogP contribution in [0.2, 0.25) is 0 Å². The van der Waals surface area contributed by atoms with Gasteiger partial charge >= 0.3 is 23.3 Å². The summed E-state index contributed by atoms with van der Waals surface area (Å²) in [6, 6.07) is 0. The Kier molecular flexibility index (Phi) is 17.0. The van der Waals surface area contributed by atoms with Gasteiger partial charge in [-0.05, 0) is 6.92 Å². The van der Waals surface area contributed by atoms with Gasteiger partial charge in [-0.2, -0.15) is 12.3 Å². The van der Waals surface area contributed by atoms with Crippen LogP contribution in [-0.2, 0) is 22.2 Å². The minimum atomic E-state index is -0.803. The Hall–Kier alpha value is 0.292. The van der Waals surface area contributed by atoms with E-state index >= 15 is 0 Å². The van der Waals surface area contributed by atoms with Crippen LogP contribution in [0, 0.1) is 25.7 Å². The third kappa shape index (κ3) is 14.3. The topological polar surface area (TPSA) is 37.3 Å². The monoisotopic (exact) mass is 272 g/mol. The van der Waals surface area contributed by atoms with Crippen molar-refractivity contribution in [2.75, 3.05) is 0 Å². The molecule has 0 fully saturated rings. The summed E-state index contributed by atoms with van der Waals surface area (Å²) in [5, 5.41) is 8.58. The summed E-state index contributed by atoms with van der Waals surface area (Å²) in [5.41, 5.74) is 0. The Balaban J connectivity index is -0.000000320. The molecule has 0 bridgehead atoms. The predicted octanol–water partition coefficient (Wildman–Crippen LogP) is 3.40. The van der Waals surface area contributed by atoms with E-state index in [1.54, 1.807) is 6.92 Å². The van der Waals surface area contributed by atoms with Crippen molar-refractivity contribution < 1.29 is 27.3 Å². The molecule has 0 aromatic heterocycles. The van der Waals surface area contributed by atoms with Gasteiger partial charge in [0.1, 0.15) is 0 Å². The van der Waals surface area contributed by atoms with Crippen LogP contribution in [0.4, 0.5) is 0 Å². The van der Waals surface area contributed by atoms with E-state index in [1.807, 2.05) is 13.8 Å². The molecule has 0 amide bonds. The zero-order valence-corrected chi connectivity index (χ0v) is 11.7. The largest absolute Gasteiger partial charge is 2.00 e. The molecule has 0 aromatic carbocycles. The molecular formula is C11H21ClCrO2. The van der Waals surface area contributed by atoms with Crippen molar-refractivity contribution in [2.24, 2.45) is 11.8 Å². The SMILES string of the molecule is [CH2-]C(CC(C)Cl)C(C)C(=O)O.[CH2-]CC.[Cr+2]. The Morgan fingerprint density at radius 1 is 1.47 bits per heavy atom. The second-order valence-corrected chi connectivity index (χ2v) is 4.15. The molecule has 0 saturated carbocycles. The maximum Gasteiger partial charge on any atom is 2.00 e. The van der Waals surface area contributed by atoms with Gasteiger partial charge in [0.2, 0.25) is 0 Å². The van der Waals surface area contributed by atoms with Gasteiger partial charge in [0.15, 0.2) is 0 Å². The fourth-order valence-corrected chi connectivity index (χ4v) is 1.05. The van der Waals surface area contributed by atoms with E-state index in [9.17, 15) is 4.79 Å². The average molecular weight is 273 g/mol. The van der Waals surface area contributed by atoms with Gasteiger partial charge in [0, 0.05) is 11.3 Å². The number of rotatable bonds is 4. The quantitative estimate of drug-likeness (QED) is 0.629. The summed E-state index contributed by atoms with van der Waals surface area (Å²) in [4.78, 5) is 10.4. The van der Waals surface area contributed by atoms with Gasteiger partial charge in [-0.15, -0.1) is 11.6 Å². The van der Waals surface area contributed by atoms with Gasteiger partial charge in [-0.3, -0.25) is 4.79 Å². The molecule has 0 radical (unpaired) electrons. The van der Waals surface area contributed by atoms with Gasteiger partial charge in [0.25, 0.3) is 0 Å². The molecule has 0 aliphatic heterocycles. The van der Waals surface area contributed by atoms with E-state index in [1.165, 1.54) is 0 Å². The van der Waals surface area contributed by atoms with E-state index in [4.69, 9.17) is 16.7 Å². The molecule has 1 N–H and O–H groups in total. The van der Waals surface area contributed by atoms with E-state index in [2.05, 4.69) is 13.8 Å². The first-order valence-electron chi connectivity index (χ1n) is 4.85. The Bertz CT molecular complexity index is 152. The normalized spacial score (nSPS) is 15.1. The average Bonchev–Trinajstić information content (AvgIpc) is 2.02. The molecule has 4 heteroatoms. The van der Waals surface area contributed by atoms with Gasteiger partial charge in [-0.25, -0.2) is 0 Å². The first-order chi connectivity index (χ1) is 6.36. The van der Waals surface area contributed by atoms with Crippen LogP contribution >= 0.6 is 11.6 Å². The van der Waals surface area contributed by atoms with Gasteiger partial charge in [0.05, 0.1) is 0 Å². The molecule has 90 valence electrons. The van der Waals surface area contributed by atoms with Crippen LogP contribution in [0.15, 0.2) is 0 Å². The van der Waals surface area contributed by atoms with Crippen LogP contribution in [0.3, 0.4) is 0 Å². The van der Waals surface area contributed by atoms with Gasteiger partial charge < -0.3 is 19.0 Å². The Morgan fingerprint density at radius 3 is 2.00 bits per heavy atom. The number of carbonyl (C=O) groups is 1. The second kappa shape index (κ2) is 12.4. The molecule has 0 saturated heterocycles. The van der Waals surface area contributed by atoms with Crippen LogP contribution in [0.1, 0.15) is 33.6 Å². The molecule has 3 unspecified atom stereocenters. The summed E-state index contributed by atoms with van der Waals surface area (Å²) in [7, 11) is 0. The third-order valence-electron chi connectivity index (χ3n) is 1.72. The molecule has 0 rings (SSSR count). The van der Waals surface area contributed by atoms with Crippen LogP contribution < -0.4 is 0 Å². The number of hydrogen-bond acceptors (Lipinski definition) is 1. The molecule has 0 heterocycles. The van der Waals surface area contributed by atoms with Gasteiger partial charge in [-0.1, -0.05) is 20.3 Å². The fourth-order valence-electron chi connectivity index (χ4n) is 0.823. The summed E-state index contributed by atoms with van der Waals surface area (Å²) >= 11 is 5.69. The maximum absolute atomic E-state index is 10.4. The summed E-state index contributed by atoms with van der Waals surface area (Å²) in [6.45, 7) is 12.7. The van der Waals surface area contributed by atoms with E-state index < -0.39 is 11.9 Å². The number of halogens is 1. The number of hydrogen-bond donors (Lipinski definition) is 1. The Labute approximate surface area is 110 Å². The number of aliphatic carboxylic acids is 1. The third-order valence-corrected chi connectivity index (χ3v) is 1.90. The van der Waals surface area contributed by atoms with Crippen LogP contribution in [0.5, 0.6) is 0 Å². The molecule has 2 nitrogen and oxygen atoms in total. The number of carboxylic acid groups (broad SMARTS) is 1. The summed E-state index contributed by atoms with van der Waals surface area (Å²) in [5.74, 6) is -1.31. The molecule has 0 aliphatic carbocycles. The molecule has 0 spiro atoms. The Morgan fingerprint density at radius 2 is 1.80 bits per heavy atom. The standard InChI is InChI=1S/C8H14ClO2.C3H7.Cr/c1-5(4-6(2)9)7(3)8(10)11;1-3-2;/h5-7H,1,4H2,2-3H3,(H,10,11);1,3H2,2H3;/q2*-1;+2. The predicted molar refractivity (Wildman–Crippen MR) is 61.2 cm³/mol. The molecular weight excluding hydrogens is 252 g/mol. The zero-order chi connectivity index (χ0) is 11.7. The van der Waals surface area contributed by atoms with Crippen molar-refractivity contribution in [3.8, 4) is 0 Å². The van der Waals surface area contributed by atoms with Crippen molar-refractivity contribution in [3.63, 3.8) is 0 Å². The zero-order valence-electron chi connectivity index (χ0n) is 9.70. The van der Waals surface area contributed by atoms with E-state index in [0.717, 1.165) is 6.42 Å². The second-order valence-electron chi connectivity index (χ2n) is 3.40. The van der Waals surface area contributed by atoms with E-state index in [-0.39, 0.29) is 28.7 Å². The van der Waals surface area contributed by atoms with Crippen LogP contribution in [-0.4, -0.2) is 16.5 Å². The first kappa shape index (κ1) is 20.7. The summed E-state index contributed by atoms with van der Waals surface area (Å²) < 4.78 is 0. The molecule has 0 aromatic rings. The van der Waals surface area contributed by atoms with E-state index in [0.29, 0.717) is 6.42 Å². The van der Waals surface area contributed by atoms with Crippen molar-refractivity contribution >= 4 is 17.6 Å². The van der Waals surface area contributed by atoms with Crippen molar-refractivity contribution in [1.29, 1.82) is 0 Å². The number of alkyl halides is 1. The molecule has 15 heavy (non-hydrogen) atoms. The van der Waals surface area contributed by atoms with Crippen molar-refractivity contribution in [1.82, 2.24) is 0 Å². The minimum Gasteiger partial charge on any atom is -0.481 e. The number of carboxylic acids is 1. The maximum atomic E-state index is 10.4. The van der Waals surface area contributed by atoms with Crippen LogP contribution in [0.25, 0.3) is 0 Å². The minimum absolute atomic E-state index is 0. The summed E-state index contributed by atoms with van der Waals surface area (Å²) in [6.07, 6.45) is 1.65. The van der Waals surface area contributed by atoms with Crippen molar-refractivity contribution in [2.45, 2.75) is 39.0 Å². The van der Waals surface area contributed by atoms with Crippen molar-refractivity contribution in [3.05, 3.63) is 13.8 Å².